The van der Waals surface area contributed by atoms with E-state index in [2.05, 4.69) is 18.7 Å². The summed E-state index contributed by atoms with van der Waals surface area (Å²) in [6.45, 7) is 5.76. The van der Waals surface area contributed by atoms with Gasteiger partial charge in [-0.2, -0.15) is 0 Å². The van der Waals surface area contributed by atoms with Crippen LogP contribution in [0.3, 0.4) is 0 Å². The van der Waals surface area contributed by atoms with Crippen molar-refractivity contribution in [1.82, 2.24) is 4.90 Å². The summed E-state index contributed by atoms with van der Waals surface area (Å²) >= 11 is 0. The molecule has 3 heteroatoms. The van der Waals surface area contributed by atoms with Gasteiger partial charge >= 0.3 is 0 Å². The number of carbonyl (C=O) groups is 1. The number of Topliss-reactive ketones (excluding diaryl/α,β-unsaturated/α-hetero) is 1. The van der Waals surface area contributed by atoms with Crippen LogP contribution in [-0.2, 0) is 6.42 Å². The summed E-state index contributed by atoms with van der Waals surface area (Å²) in [6.07, 6.45) is 4.61. The van der Waals surface area contributed by atoms with E-state index in [1.54, 1.807) is 0 Å². The fourth-order valence-electron chi connectivity index (χ4n) is 3.40. The molecule has 0 amide bonds. The lowest BCUT2D eigenvalue weighted by molar-refractivity contribution is 0.0734. The van der Waals surface area contributed by atoms with Gasteiger partial charge in [0.25, 0.3) is 0 Å². The zero-order chi connectivity index (χ0) is 14.1. The van der Waals surface area contributed by atoms with Crippen molar-refractivity contribution in [2.45, 2.75) is 51.6 Å². The average molecular weight is 273 g/mol. The highest BCUT2D eigenvalue weighted by atomic mass is 16.5. The standard InChI is InChI=1S/C17H23NO2/c1-12-4-3-5-13(2)18(12)11-16(19)14-6-7-17-15(10-14)8-9-20-17/h6-7,10,12-13H,3-5,8-9,11H2,1-2H3. The van der Waals surface area contributed by atoms with E-state index in [0.717, 1.165) is 24.3 Å². The minimum absolute atomic E-state index is 0.236. The molecule has 3 rings (SSSR count). The number of hydrogen-bond donors (Lipinski definition) is 0. The molecule has 0 spiro atoms. The van der Waals surface area contributed by atoms with E-state index in [1.807, 2.05) is 18.2 Å². The number of benzene rings is 1. The maximum Gasteiger partial charge on any atom is 0.176 e. The van der Waals surface area contributed by atoms with Crippen molar-refractivity contribution in [3.63, 3.8) is 0 Å². The molecule has 1 aromatic carbocycles. The molecule has 2 aliphatic rings. The van der Waals surface area contributed by atoms with Crippen molar-refractivity contribution >= 4 is 5.78 Å². The van der Waals surface area contributed by atoms with Crippen LogP contribution < -0.4 is 4.74 Å². The largest absolute Gasteiger partial charge is 0.493 e. The Morgan fingerprint density at radius 3 is 2.80 bits per heavy atom. The monoisotopic (exact) mass is 273 g/mol. The molecule has 1 aromatic rings. The molecule has 1 fully saturated rings. The molecular formula is C17H23NO2. The van der Waals surface area contributed by atoms with Crippen molar-refractivity contribution < 1.29 is 9.53 Å². The van der Waals surface area contributed by atoms with E-state index < -0.39 is 0 Å². The van der Waals surface area contributed by atoms with Crippen LogP contribution in [0.4, 0.5) is 0 Å². The molecule has 0 N–H and O–H groups in total. The SMILES string of the molecule is CC1CCCC(C)N1CC(=O)c1ccc2c(c1)CCO2. The Bertz CT molecular complexity index is 502. The van der Waals surface area contributed by atoms with Gasteiger partial charge in [-0.15, -0.1) is 0 Å². The molecule has 3 nitrogen and oxygen atoms in total. The lowest BCUT2D eigenvalue weighted by atomic mass is 9.96. The highest BCUT2D eigenvalue weighted by molar-refractivity contribution is 5.98. The van der Waals surface area contributed by atoms with Gasteiger partial charge in [0.15, 0.2) is 5.78 Å². The van der Waals surface area contributed by atoms with Crippen molar-refractivity contribution in [2.75, 3.05) is 13.2 Å². The van der Waals surface area contributed by atoms with Gasteiger partial charge in [0.1, 0.15) is 5.75 Å². The van der Waals surface area contributed by atoms with E-state index in [0.29, 0.717) is 18.6 Å². The van der Waals surface area contributed by atoms with E-state index in [4.69, 9.17) is 4.74 Å². The molecule has 0 aliphatic carbocycles. The summed E-state index contributed by atoms with van der Waals surface area (Å²) in [5, 5.41) is 0. The van der Waals surface area contributed by atoms with Gasteiger partial charge in [-0.1, -0.05) is 6.42 Å². The minimum Gasteiger partial charge on any atom is -0.493 e. The first-order valence-corrected chi connectivity index (χ1v) is 7.70. The second-order valence-corrected chi connectivity index (χ2v) is 6.15. The number of carbonyl (C=O) groups excluding carboxylic acids is 1. The second-order valence-electron chi connectivity index (χ2n) is 6.15. The van der Waals surface area contributed by atoms with Gasteiger partial charge in [0.2, 0.25) is 0 Å². The highest BCUT2D eigenvalue weighted by Gasteiger charge is 2.27. The first-order chi connectivity index (χ1) is 9.65. The summed E-state index contributed by atoms with van der Waals surface area (Å²) in [5.41, 5.74) is 2.01. The van der Waals surface area contributed by atoms with Crippen LogP contribution >= 0.6 is 0 Å². The first kappa shape index (κ1) is 13.6. The second kappa shape index (κ2) is 5.57. The predicted molar refractivity (Wildman–Crippen MR) is 79.5 cm³/mol. The molecular weight excluding hydrogens is 250 g/mol. The summed E-state index contributed by atoms with van der Waals surface area (Å²) in [4.78, 5) is 14.9. The Hall–Kier alpha value is -1.35. The Balaban J connectivity index is 1.72. The van der Waals surface area contributed by atoms with Crippen LogP contribution in [0.1, 0.15) is 49.0 Å². The van der Waals surface area contributed by atoms with Crippen molar-refractivity contribution in [3.8, 4) is 5.75 Å². The van der Waals surface area contributed by atoms with E-state index in [-0.39, 0.29) is 5.78 Å². The molecule has 20 heavy (non-hydrogen) atoms. The number of ether oxygens (including phenoxy) is 1. The third-order valence-electron chi connectivity index (χ3n) is 4.71. The van der Waals surface area contributed by atoms with Gasteiger partial charge in [0, 0.05) is 24.1 Å². The maximum atomic E-state index is 12.5. The molecule has 2 aliphatic heterocycles. The quantitative estimate of drug-likeness (QED) is 0.793. The van der Waals surface area contributed by atoms with E-state index in [1.165, 1.54) is 24.8 Å². The topological polar surface area (TPSA) is 29.5 Å². The number of nitrogens with zero attached hydrogens (tertiary/aromatic N) is 1. The lowest BCUT2D eigenvalue weighted by Gasteiger charge is -2.38. The molecule has 0 radical (unpaired) electrons. The Morgan fingerprint density at radius 1 is 1.30 bits per heavy atom. The number of likely N-dealkylation sites (tertiary alicyclic amines) is 1. The zero-order valence-electron chi connectivity index (χ0n) is 12.4. The molecule has 1 saturated heterocycles. The third-order valence-corrected chi connectivity index (χ3v) is 4.71. The number of fused-ring (bicyclic) bond motifs is 1. The van der Waals surface area contributed by atoms with Gasteiger partial charge in [-0.05, 0) is 50.5 Å². The fourth-order valence-corrected chi connectivity index (χ4v) is 3.40. The van der Waals surface area contributed by atoms with Gasteiger partial charge < -0.3 is 4.74 Å². The third kappa shape index (κ3) is 2.59. The Morgan fingerprint density at radius 2 is 2.05 bits per heavy atom. The average Bonchev–Trinajstić information content (AvgIpc) is 2.90. The van der Waals surface area contributed by atoms with Gasteiger partial charge in [-0.3, -0.25) is 9.69 Å². The Kier molecular flexibility index (Phi) is 3.79. The minimum atomic E-state index is 0.236. The van der Waals surface area contributed by atoms with Crippen LogP contribution in [0.15, 0.2) is 18.2 Å². The van der Waals surface area contributed by atoms with Crippen LogP contribution in [0.5, 0.6) is 5.75 Å². The zero-order valence-corrected chi connectivity index (χ0v) is 12.4. The molecule has 0 saturated carbocycles. The molecule has 2 heterocycles. The smallest absolute Gasteiger partial charge is 0.176 e. The van der Waals surface area contributed by atoms with Crippen molar-refractivity contribution in [2.24, 2.45) is 0 Å². The van der Waals surface area contributed by atoms with Crippen molar-refractivity contribution in [3.05, 3.63) is 29.3 Å². The highest BCUT2D eigenvalue weighted by Crippen LogP contribution is 2.27. The first-order valence-electron chi connectivity index (χ1n) is 7.70. The summed E-state index contributed by atoms with van der Waals surface area (Å²) in [5.74, 6) is 1.18. The molecule has 2 atom stereocenters. The van der Waals surface area contributed by atoms with Crippen LogP contribution in [-0.4, -0.2) is 35.9 Å². The van der Waals surface area contributed by atoms with Crippen molar-refractivity contribution in [1.29, 1.82) is 0 Å². The molecule has 0 aromatic heterocycles. The van der Waals surface area contributed by atoms with Crippen LogP contribution in [0.25, 0.3) is 0 Å². The number of ketones is 1. The summed E-state index contributed by atoms with van der Waals surface area (Å²) < 4.78 is 5.50. The summed E-state index contributed by atoms with van der Waals surface area (Å²) in [7, 11) is 0. The molecule has 2 unspecified atom stereocenters. The maximum absolute atomic E-state index is 12.5. The van der Waals surface area contributed by atoms with Crippen LogP contribution in [0, 0.1) is 0 Å². The fraction of sp³-hybridized carbons (Fsp3) is 0.588. The number of hydrogen-bond acceptors (Lipinski definition) is 3. The molecule has 0 bridgehead atoms. The van der Waals surface area contributed by atoms with Gasteiger partial charge in [0.05, 0.1) is 13.2 Å². The van der Waals surface area contributed by atoms with Crippen LogP contribution in [0.2, 0.25) is 0 Å². The normalized spacial score (nSPS) is 26.1. The predicted octanol–water partition coefficient (Wildman–Crippen LogP) is 3.07. The molecule has 108 valence electrons. The lowest BCUT2D eigenvalue weighted by Crippen LogP contribution is -2.46. The van der Waals surface area contributed by atoms with E-state index >= 15 is 0 Å². The summed E-state index contributed by atoms with van der Waals surface area (Å²) in [6, 6.07) is 6.90. The Labute approximate surface area is 120 Å². The van der Waals surface area contributed by atoms with E-state index in [9.17, 15) is 4.79 Å². The number of rotatable bonds is 3. The number of piperidine rings is 1. The van der Waals surface area contributed by atoms with Gasteiger partial charge in [-0.25, -0.2) is 0 Å².